The molecule has 0 bridgehead atoms. The fourth-order valence-electron chi connectivity index (χ4n) is 3.06. The largest absolute Gasteiger partial charge is 0.573 e. The molecule has 3 aromatic rings. The van der Waals surface area contributed by atoms with Crippen LogP contribution in [-0.2, 0) is 25.0 Å². The Balaban J connectivity index is 1.84. The van der Waals surface area contributed by atoms with Gasteiger partial charge in [-0.25, -0.2) is 23.5 Å². The van der Waals surface area contributed by atoms with Crippen molar-refractivity contribution in [3.8, 4) is 23.8 Å². The van der Waals surface area contributed by atoms with Crippen LogP contribution in [0.25, 0.3) is 5.69 Å². The van der Waals surface area contributed by atoms with Crippen molar-refractivity contribution in [2.45, 2.75) is 26.4 Å². The van der Waals surface area contributed by atoms with Crippen molar-refractivity contribution in [3.05, 3.63) is 80.6 Å². The van der Waals surface area contributed by atoms with Crippen molar-refractivity contribution in [1.29, 1.82) is 0 Å². The lowest BCUT2D eigenvalue weighted by atomic mass is 10.1. The fourth-order valence-corrected chi connectivity index (χ4v) is 3.06. The van der Waals surface area contributed by atoms with E-state index in [1.807, 2.05) is 0 Å². The maximum Gasteiger partial charge on any atom is 0.573 e. The second-order valence-corrected chi connectivity index (χ2v) is 6.84. The Bertz CT molecular complexity index is 1340. The van der Waals surface area contributed by atoms with Crippen molar-refractivity contribution in [3.63, 3.8) is 0 Å². The van der Waals surface area contributed by atoms with Gasteiger partial charge in [0.2, 0.25) is 0 Å². The second kappa shape index (κ2) is 9.52. The predicted octanol–water partition coefficient (Wildman–Crippen LogP) is 2.81. The highest BCUT2D eigenvalue weighted by atomic mass is 19.4. The molecule has 0 spiro atoms. The van der Waals surface area contributed by atoms with Crippen LogP contribution < -0.4 is 16.1 Å². The smallest absolute Gasteiger partial charge is 0.406 e. The second-order valence-electron chi connectivity index (χ2n) is 6.84. The molecule has 1 heterocycles. The molecule has 0 saturated heterocycles. The first-order chi connectivity index (χ1) is 15.6. The van der Waals surface area contributed by atoms with Crippen LogP contribution in [0.5, 0.6) is 5.75 Å². The number of terminal acetylenes is 1. The lowest BCUT2D eigenvalue weighted by Gasteiger charge is -2.10. The summed E-state index contributed by atoms with van der Waals surface area (Å²) in [7, 11) is 1.43. The number of ether oxygens (including phenoxy) is 1. The Hall–Kier alpha value is -4.20. The van der Waals surface area contributed by atoms with E-state index in [-0.39, 0.29) is 18.9 Å². The molecular formula is C22H19F3N4O4. The van der Waals surface area contributed by atoms with Crippen LogP contribution in [0.4, 0.5) is 13.2 Å². The van der Waals surface area contributed by atoms with Gasteiger partial charge in [0.15, 0.2) is 0 Å². The lowest BCUT2D eigenvalue weighted by Crippen LogP contribution is -2.28. The summed E-state index contributed by atoms with van der Waals surface area (Å²) in [4.78, 5) is 30.7. The zero-order valence-electron chi connectivity index (χ0n) is 17.7. The van der Waals surface area contributed by atoms with Gasteiger partial charge < -0.3 is 9.57 Å². The number of hydrogen-bond acceptors (Lipinski definition) is 5. The van der Waals surface area contributed by atoms with E-state index in [0.29, 0.717) is 22.5 Å². The number of aromatic nitrogens is 3. The Morgan fingerprint density at radius 1 is 1.12 bits per heavy atom. The summed E-state index contributed by atoms with van der Waals surface area (Å²) in [6, 6.07) is 11.9. The normalized spacial score (nSPS) is 11.8. The Kier molecular flexibility index (Phi) is 6.77. The number of nitrogens with zero attached hydrogens (tertiary/aromatic N) is 4. The number of hydrogen-bond donors (Lipinski definition) is 0. The van der Waals surface area contributed by atoms with E-state index in [1.54, 1.807) is 37.3 Å². The van der Waals surface area contributed by atoms with Crippen LogP contribution in [0.1, 0.15) is 18.1 Å². The van der Waals surface area contributed by atoms with Crippen molar-refractivity contribution in [2.24, 2.45) is 12.2 Å². The van der Waals surface area contributed by atoms with Gasteiger partial charge in [0.05, 0.1) is 11.4 Å². The molecule has 0 fully saturated rings. The van der Waals surface area contributed by atoms with Gasteiger partial charge in [-0.1, -0.05) is 41.4 Å². The number of benzene rings is 2. The average Bonchev–Trinajstić information content (AvgIpc) is 2.96. The molecule has 172 valence electrons. The minimum atomic E-state index is -4.81. The van der Waals surface area contributed by atoms with Gasteiger partial charge in [-0.05, 0) is 25.1 Å². The van der Waals surface area contributed by atoms with Crippen LogP contribution in [0.3, 0.4) is 0 Å². The van der Waals surface area contributed by atoms with Crippen LogP contribution in [0.2, 0.25) is 0 Å². The number of alkyl halides is 3. The molecule has 0 saturated carbocycles. The summed E-state index contributed by atoms with van der Waals surface area (Å²) in [5.41, 5.74) is 0.265. The van der Waals surface area contributed by atoms with E-state index in [9.17, 15) is 22.8 Å². The lowest BCUT2D eigenvalue weighted by molar-refractivity contribution is -0.274. The van der Waals surface area contributed by atoms with E-state index in [1.165, 1.54) is 25.2 Å². The molecule has 1 aromatic heterocycles. The van der Waals surface area contributed by atoms with Crippen LogP contribution in [-0.4, -0.2) is 26.0 Å². The molecular weight excluding hydrogens is 441 g/mol. The van der Waals surface area contributed by atoms with E-state index < -0.39 is 17.7 Å². The molecule has 8 nitrogen and oxygen atoms in total. The minimum Gasteiger partial charge on any atom is -0.406 e. The Morgan fingerprint density at radius 3 is 2.55 bits per heavy atom. The summed E-state index contributed by atoms with van der Waals surface area (Å²) in [6.45, 7) is 1.37. The van der Waals surface area contributed by atoms with Gasteiger partial charge >= 0.3 is 17.7 Å². The van der Waals surface area contributed by atoms with Gasteiger partial charge in [0.25, 0.3) is 0 Å². The molecule has 0 radical (unpaired) electrons. The third-order valence-corrected chi connectivity index (χ3v) is 4.62. The summed E-state index contributed by atoms with van der Waals surface area (Å²) >= 11 is 0. The summed E-state index contributed by atoms with van der Waals surface area (Å²) < 4.78 is 44.4. The van der Waals surface area contributed by atoms with Crippen LogP contribution >= 0.6 is 0 Å². The first-order valence-corrected chi connectivity index (χ1v) is 9.55. The number of rotatable bonds is 7. The van der Waals surface area contributed by atoms with Gasteiger partial charge in [0.1, 0.15) is 18.9 Å². The van der Waals surface area contributed by atoms with E-state index in [2.05, 4.69) is 15.8 Å². The minimum absolute atomic E-state index is 0.0726. The van der Waals surface area contributed by atoms with Gasteiger partial charge in [-0.2, -0.15) is 0 Å². The molecule has 2 aromatic carbocycles. The highest BCUT2D eigenvalue weighted by Gasteiger charge is 2.31. The molecule has 0 aliphatic carbocycles. The third kappa shape index (κ3) is 5.35. The fraction of sp³-hybridized carbons (Fsp3) is 0.227. The van der Waals surface area contributed by atoms with Crippen molar-refractivity contribution in [1.82, 2.24) is 13.9 Å². The predicted molar refractivity (Wildman–Crippen MR) is 114 cm³/mol. The van der Waals surface area contributed by atoms with Crippen molar-refractivity contribution >= 4 is 5.71 Å². The van der Waals surface area contributed by atoms with Crippen molar-refractivity contribution < 1.29 is 22.7 Å². The molecule has 0 aliphatic heterocycles. The van der Waals surface area contributed by atoms with E-state index >= 15 is 0 Å². The zero-order valence-corrected chi connectivity index (χ0v) is 17.7. The summed E-state index contributed by atoms with van der Waals surface area (Å²) in [5, 5.41) is 3.94. The molecule has 0 aliphatic rings. The van der Waals surface area contributed by atoms with Gasteiger partial charge in [0, 0.05) is 18.2 Å². The summed E-state index contributed by atoms with van der Waals surface area (Å²) in [5.74, 6) is 1.94. The topological polar surface area (TPSA) is 79.8 Å². The zero-order chi connectivity index (χ0) is 24.2. The highest BCUT2D eigenvalue weighted by Crippen LogP contribution is 2.23. The van der Waals surface area contributed by atoms with E-state index in [4.69, 9.17) is 11.3 Å². The van der Waals surface area contributed by atoms with Crippen molar-refractivity contribution in [2.75, 3.05) is 0 Å². The maximum atomic E-state index is 12.7. The molecule has 0 unspecified atom stereocenters. The van der Waals surface area contributed by atoms with E-state index in [0.717, 1.165) is 13.9 Å². The molecule has 3 rings (SSSR count). The standard InChI is InChI=1S/C22H19F3N4O4/c1-4-12-28-21(31)29(20(30)27(28)3)19-11-6-5-8-17(19)14-32-26-15(2)16-9-7-10-18(13-16)33-22(23,24)25/h1,5-11,13H,12,14H2,2-3H3/b26-15-. The summed E-state index contributed by atoms with van der Waals surface area (Å²) in [6.07, 6.45) is 0.468. The molecule has 0 N–H and O–H groups in total. The third-order valence-electron chi connectivity index (χ3n) is 4.62. The van der Waals surface area contributed by atoms with Crippen LogP contribution in [0, 0.1) is 12.3 Å². The molecule has 0 atom stereocenters. The SMILES string of the molecule is C#CCn1c(=O)n(-c2ccccc2CO/N=C(/C)c2cccc(OC(F)(F)F)c2)c(=O)n1C. The number of para-hydroxylation sites is 1. The highest BCUT2D eigenvalue weighted by molar-refractivity contribution is 5.98. The van der Waals surface area contributed by atoms with Crippen LogP contribution in [0.15, 0.2) is 63.3 Å². The first kappa shape index (κ1) is 23.5. The Morgan fingerprint density at radius 2 is 1.85 bits per heavy atom. The molecule has 11 heteroatoms. The van der Waals surface area contributed by atoms with Gasteiger partial charge in [-0.3, -0.25) is 0 Å². The molecule has 0 amide bonds. The Labute approximate surface area is 186 Å². The van der Waals surface area contributed by atoms with Gasteiger partial charge in [-0.15, -0.1) is 19.6 Å². The first-order valence-electron chi connectivity index (χ1n) is 9.55. The molecule has 33 heavy (non-hydrogen) atoms. The monoisotopic (exact) mass is 460 g/mol. The average molecular weight is 460 g/mol. The number of oxime groups is 1. The quantitative estimate of drug-likeness (QED) is 0.309. The maximum absolute atomic E-state index is 12.7. The number of halogens is 3.